The van der Waals surface area contributed by atoms with Gasteiger partial charge in [0.25, 0.3) is 5.56 Å². The number of hydrogen-bond acceptors (Lipinski definition) is 4. The zero-order chi connectivity index (χ0) is 12.3. The van der Waals surface area contributed by atoms with Gasteiger partial charge in [-0.25, -0.2) is 4.98 Å². The molecule has 0 fully saturated rings. The molecule has 0 radical (unpaired) electrons. The lowest BCUT2D eigenvalue weighted by Crippen LogP contribution is -2.23. The molecule has 1 aromatic rings. The number of nitrogens with zero attached hydrogens (tertiary/aromatic N) is 1. The van der Waals surface area contributed by atoms with Gasteiger partial charge in [-0.05, 0) is 21.8 Å². The SMILES string of the molecule is CC(C)C(Sc1nc[nH]c(=O)c1Br)C(=O)O. The number of halogens is 1. The van der Waals surface area contributed by atoms with E-state index >= 15 is 0 Å². The summed E-state index contributed by atoms with van der Waals surface area (Å²) in [6, 6.07) is 0. The van der Waals surface area contributed by atoms with Crippen molar-refractivity contribution >= 4 is 33.7 Å². The van der Waals surface area contributed by atoms with Crippen molar-refractivity contribution in [2.75, 3.05) is 0 Å². The van der Waals surface area contributed by atoms with E-state index in [1.54, 1.807) is 0 Å². The number of nitrogens with one attached hydrogen (secondary N) is 1. The lowest BCUT2D eigenvalue weighted by molar-refractivity contribution is -0.137. The predicted molar refractivity (Wildman–Crippen MR) is 64.7 cm³/mol. The van der Waals surface area contributed by atoms with Crippen LogP contribution in [0.5, 0.6) is 0 Å². The number of thioether (sulfide) groups is 1. The summed E-state index contributed by atoms with van der Waals surface area (Å²) in [5.41, 5.74) is -0.314. The molecule has 0 aromatic carbocycles. The van der Waals surface area contributed by atoms with Crippen molar-refractivity contribution in [2.45, 2.75) is 24.1 Å². The van der Waals surface area contributed by atoms with Crippen LogP contribution in [0.15, 0.2) is 20.6 Å². The van der Waals surface area contributed by atoms with Crippen molar-refractivity contribution in [1.82, 2.24) is 9.97 Å². The molecule has 2 N–H and O–H groups in total. The highest BCUT2D eigenvalue weighted by Crippen LogP contribution is 2.29. The number of hydrogen-bond donors (Lipinski definition) is 2. The van der Waals surface area contributed by atoms with Gasteiger partial charge in [0, 0.05) is 0 Å². The van der Waals surface area contributed by atoms with Gasteiger partial charge >= 0.3 is 5.97 Å². The molecule has 1 aromatic heterocycles. The van der Waals surface area contributed by atoms with Crippen LogP contribution < -0.4 is 5.56 Å². The molecule has 88 valence electrons. The summed E-state index contributed by atoms with van der Waals surface area (Å²) in [4.78, 5) is 28.6. The summed E-state index contributed by atoms with van der Waals surface area (Å²) < 4.78 is 0.270. The predicted octanol–water partition coefficient (Wildman–Crippen LogP) is 1.73. The van der Waals surface area contributed by atoms with E-state index in [-0.39, 0.29) is 15.9 Å². The van der Waals surface area contributed by atoms with Gasteiger partial charge in [-0.15, -0.1) is 0 Å². The summed E-state index contributed by atoms with van der Waals surface area (Å²) in [6.07, 6.45) is 1.26. The van der Waals surface area contributed by atoms with Gasteiger partial charge in [-0.2, -0.15) is 0 Å². The van der Waals surface area contributed by atoms with Crippen LogP contribution in [0.3, 0.4) is 0 Å². The number of carbonyl (C=O) groups is 1. The minimum atomic E-state index is -0.908. The number of aliphatic carboxylic acids is 1. The monoisotopic (exact) mass is 306 g/mol. The minimum absolute atomic E-state index is 0.0458. The third kappa shape index (κ3) is 3.08. The summed E-state index contributed by atoms with van der Waals surface area (Å²) in [6.45, 7) is 3.62. The number of carboxylic acid groups (broad SMARTS) is 1. The Labute approximate surface area is 105 Å². The van der Waals surface area contributed by atoms with Crippen LogP contribution in [0, 0.1) is 5.92 Å². The normalized spacial score (nSPS) is 12.8. The first-order valence-electron chi connectivity index (χ1n) is 4.56. The first-order valence-corrected chi connectivity index (χ1v) is 6.23. The van der Waals surface area contributed by atoms with Crippen LogP contribution in [-0.2, 0) is 4.79 Å². The Balaban J connectivity index is 2.99. The van der Waals surface area contributed by atoms with E-state index in [0.29, 0.717) is 5.03 Å². The first kappa shape index (κ1) is 13.2. The highest BCUT2D eigenvalue weighted by atomic mass is 79.9. The van der Waals surface area contributed by atoms with Crippen LogP contribution >= 0.6 is 27.7 Å². The van der Waals surface area contributed by atoms with E-state index in [9.17, 15) is 9.59 Å². The molecule has 0 aliphatic heterocycles. The van der Waals surface area contributed by atoms with Gasteiger partial charge in [-0.3, -0.25) is 9.59 Å². The molecule has 0 aliphatic carbocycles. The molecule has 5 nitrogen and oxygen atoms in total. The summed E-state index contributed by atoms with van der Waals surface area (Å²) in [5, 5.41) is 8.79. The molecule has 0 spiro atoms. The summed E-state index contributed by atoms with van der Waals surface area (Å²) in [7, 11) is 0. The van der Waals surface area contributed by atoms with E-state index in [1.807, 2.05) is 13.8 Å². The average molecular weight is 307 g/mol. The number of H-pyrrole nitrogens is 1. The van der Waals surface area contributed by atoms with Gasteiger partial charge in [0.1, 0.15) is 14.7 Å². The minimum Gasteiger partial charge on any atom is -0.480 e. The number of aromatic amines is 1. The third-order valence-corrected chi connectivity index (χ3v) is 4.38. The molecule has 0 amide bonds. The standard InChI is InChI=1S/C9H11BrN2O3S/c1-4(2)6(9(14)15)16-8-5(10)7(13)11-3-12-8/h3-4,6H,1-2H3,(H,14,15)(H,11,12,13). The second kappa shape index (κ2) is 5.49. The van der Waals surface area contributed by atoms with Gasteiger partial charge in [-0.1, -0.05) is 25.6 Å². The Kier molecular flexibility index (Phi) is 4.55. The summed E-state index contributed by atoms with van der Waals surface area (Å²) in [5.74, 6) is -0.954. The van der Waals surface area contributed by atoms with Gasteiger partial charge < -0.3 is 10.1 Å². The first-order chi connectivity index (χ1) is 7.43. The second-order valence-electron chi connectivity index (χ2n) is 3.47. The van der Waals surface area contributed by atoms with Gasteiger partial charge in [0.15, 0.2) is 0 Å². The van der Waals surface area contributed by atoms with Crippen LogP contribution in [0.25, 0.3) is 0 Å². The molecule has 0 aliphatic rings. The fraction of sp³-hybridized carbons (Fsp3) is 0.444. The molecule has 0 saturated heterocycles. The Bertz CT molecular complexity index is 447. The molecular weight excluding hydrogens is 296 g/mol. The maximum absolute atomic E-state index is 11.3. The second-order valence-corrected chi connectivity index (χ2v) is 5.39. The molecule has 1 rings (SSSR count). The Hall–Kier alpha value is -0.820. The maximum atomic E-state index is 11.3. The van der Waals surface area contributed by atoms with E-state index < -0.39 is 11.2 Å². The van der Waals surface area contributed by atoms with E-state index in [2.05, 4.69) is 25.9 Å². The molecule has 1 heterocycles. The lowest BCUT2D eigenvalue weighted by Gasteiger charge is -2.15. The highest BCUT2D eigenvalue weighted by Gasteiger charge is 2.24. The van der Waals surface area contributed by atoms with Gasteiger partial charge in [0.2, 0.25) is 0 Å². The van der Waals surface area contributed by atoms with Gasteiger partial charge in [0.05, 0.1) is 6.33 Å². The molecule has 0 bridgehead atoms. The fourth-order valence-electron chi connectivity index (χ4n) is 1.04. The molecular formula is C9H11BrN2O3S. The summed E-state index contributed by atoms with van der Waals surface area (Å²) >= 11 is 4.16. The van der Waals surface area contributed by atoms with E-state index in [4.69, 9.17) is 5.11 Å². The Morgan fingerprint density at radius 2 is 2.25 bits per heavy atom. The Morgan fingerprint density at radius 3 is 2.75 bits per heavy atom. The molecule has 7 heteroatoms. The van der Waals surface area contributed by atoms with E-state index in [1.165, 1.54) is 6.33 Å². The van der Waals surface area contributed by atoms with Crippen molar-refractivity contribution in [1.29, 1.82) is 0 Å². The zero-order valence-electron chi connectivity index (χ0n) is 8.73. The maximum Gasteiger partial charge on any atom is 0.317 e. The highest BCUT2D eigenvalue weighted by molar-refractivity contribution is 9.10. The topological polar surface area (TPSA) is 83.0 Å². The molecule has 0 saturated carbocycles. The van der Waals surface area contributed by atoms with Crippen molar-refractivity contribution in [3.8, 4) is 0 Å². The van der Waals surface area contributed by atoms with Crippen LogP contribution in [-0.4, -0.2) is 26.3 Å². The quantitative estimate of drug-likeness (QED) is 0.654. The zero-order valence-corrected chi connectivity index (χ0v) is 11.1. The van der Waals surface area contributed by atoms with Crippen molar-refractivity contribution in [3.63, 3.8) is 0 Å². The average Bonchev–Trinajstić information content (AvgIpc) is 2.19. The molecule has 1 atom stereocenters. The smallest absolute Gasteiger partial charge is 0.317 e. The van der Waals surface area contributed by atoms with Crippen LogP contribution in [0.1, 0.15) is 13.8 Å². The van der Waals surface area contributed by atoms with Crippen LogP contribution in [0.4, 0.5) is 0 Å². The number of rotatable bonds is 4. The lowest BCUT2D eigenvalue weighted by atomic mass is 10.1. The fourth-order valence-corrected chi connectivity index (χ4v) is 2.46. The van der Waals surface area contributed by atoms with Crippen LogP contribution in [0.2, 0.25) is 0 Å². The van der Waals surface area contributed by atoms with Crippen molar-refractivity contribution < 1.29 is 9.90 Å². The third-order valence-electron chi connectivity index (χ3n) is 1.85. The number of carboxylic acids is 1. The van der Waals surface area contributed by atoms with Crippen molar-refractivity contribution in [3.05, 3.63) is 21.2 Å². The number of aromatic nitrogens is 2. The largest absolute Gasteiger partial charge is 0.480 e. The Morgan fingerprint density at radius 1 is 1.62 bits per heavy atom. The molecule has 16 heavy (non-hydrogen) atoms. The van der Waals surface area contributed by atoms with Crippen molar-refractivity contribution in [2.24, 2.45) is 5.92 Å². The molecule has 1 unspecified atom stereocenters. The van der Waals surface area contributed by atoms with E-state index in [0.717, 1.165) is 11.8 Å².